The first-order chi connectivity index (χ1) is 14.5. The number of nitrogen functional groups attached to an aromatic ring is 1. The van der Waals surface area contributed by atoms with Crippen molar-refractivity contribution in [2.24, 2.45) is 0 Å². The van der Waals surface area contributed by atoms with Crippen molar-refractivity contribution in [1.29, 1.82) is 5.26 Å². The van der Waals surface area contributed by atoms with Crippen LogP contribution in [-0.2, 0) is 0 Å². The van der Waals surface area contributed by atoms with Gasteiger partial charge in [0.2, 0.25) is 0 Å². The predicted molar refractivity (Wildman–Crippen MR) is 118 cm³/mol. The number of nitriles is 1. The first-order valence-corrected chi connectivity index (χ1v) is 10.1. The number of phenols is 1. The SMILES string of the molecule is Cc1ccc(O)c(C)c1-n1c2nc(C#N)c(-c3cccs3)cc2c2c(N)ncnc21. The molecule has 0 unspecified atom stereocenters. The fourth-order valence-electron chi connectivity index (χ4n) is 3.86. The fraction of sp³-hybridized carbons (Fsp3) is 0.0909. The van der Waals surface area contributed by atoms with Crippen LogP contribution in [-0.4, -0.2) is 24.6 Å². The molecule has 0 aliphatic heterocycles. The molecule has 0 amide bonds. The van der Waals surface area contributed by atoms with E-state index < -0.39 is 0 Å². The number of thiophene rings is 1. The molecule has 5 rings (SSSR count). The Morgan fingerprint density at radius 3 is 2.73 bits per heavy atom. The van der Waals surface area contributed by atoms with Gasteiger partial charge in [0.1, 0.15) is 29.6 Å². The maximum Gasteiger partial charge on any atom is 0.152 e. The van der Waals surface area contributed by atoms with E-state index in [0.717, 1.165) is 27.1 Å². The first-order valence-electron chi connectivity index (χ1n) is 9.20. The standard InChI is InChI=1S/C22H16N6OS/c1-11-5-6-16(29)12(2)19(11)28-21-14(18-20(24)25-10-26-22(18)28)8-13(15(9-23)27-21)17-4-3-7-30-17/h3-8,10,29H,1-2H3,(H2,24,25,26). The van der Waals surface area contributed by atoms with Gasteiger partial charge in [-0.15, -0.1) is 11.3 Å². The maximum absolute atomic E-state index is 10.3. The summed E-state index contributed by atoms with van der Waals surface area (Å²) < 4.78 is 1.85. The molecule has 0 bridgehead atoms. The zero-order valence-electron chi connectivity index (χ0n) is 16.2. The number of fused-ring (bicyclic) bond motifs is 3. The molecule has 0 aliphatic carbocycles. The highest BCUT2D eigenvalue weighted by Gasteiger charge is 2.23. The summed E-state index contributed by atoms with van der Waals surface area (Å²) in [5, 5.41) is 23.5. The minimum Gasteiger partial charge on any atom is -0.508 e. The highest BCUT2D eigenvalue weighted by atomic mass is 32.1. The number of aryl methyl sites for hydroxylation is 1. The van der Waals surface area contributed by atoms with Crippen LogP contribution < -0.4 is 5.73 Å². The van der Waals surface area contributed by atoms with E-state index in [-0.39, 0.29) is 5.75 Å². The van der Waals surface area contributed by atoms with Gasteiger partial charge >= 0.3 is 0 Å². The summed E-state index contributed by atoms with van der Waals surface area (Å²) in [6.07, 6.45) is 1.41. The van der Waals surface area contributed by atoms with Crippen LogP contribution in [0.25, 0.3) is 38.2 Å². The predicted octanol–water partition coefficient (Wildman–Crippen LogP) is 4.47. The summed E-state index contributed by atoms with van der Waals surface area (Å²) in [6.45, 7) is 3.79. The van der Waals surface area contributed by atoms with Gasteiger partial charge in [0.05, 0.1) is 11.1 Å². The summed E-state index contributed by atoms with van der Waals surface area (Å²) in [6, 6.07) is 11.5. The normalized spacial score (nSPS) is 11.2. The summed E-state index contributed by atoms with van der Waals surface area (Å²) >= 11 is 1.54. The largest absolute Gasteiger partial charge is 0.508 e. The van der Waals surface area contributed by atoms with E-state index in [1.165, 1.54) is 6.33 Å². The Hall–Kier alpha value is -3.96. The highest BCUT2D eigenvalue weighted by molar-refractivity contribution is 7.13. The Kier molecular flexibility index (Phi) is 3.94. The topological polar surface area (TPSA) is 114 Å². The van der Waals surface area contributed by atoms with Gasteiger partial charge in [0.25, 0.3) is 0 Å². The minimum atomic E-state index is 0.170. The van der Waals surface area contributed by atoms with Crippen LogP contribution in [0.15, 0.2) is 42.0 Å². The molecule has 0 saturated heterocycles. The molecule has 0 fully saturated rings. The van der Waals surface area contributed by atoms with Crippen molar-refractivity contribution in [2.75, 3.05) is 5.73 Å². The van der Waals surface area contributed by atoms with Crippen LogP contribution in [0.5, 0.6) is 5.75 Å². The number of phenolic OH excluding ortho intramolecular Hbond substituents is 1. The number of hydrogen-bond acceptors (Lipinski definition) is 7. The van der Waals surface area contributed by atoms with Crippen LogP contribution in [0.2, 0.25) is 0 Å². The average Bonchev–Trinajstić information content (AvgIpc) is 3.37. The van der Waals surface area contributed by atoms with Gasteiger partial charge in [-0.1, -0.05) is 12.1 Å². The molecule has 7 nitrogen and oxygen atoms in total. The van der Waals surface area contributed by atoms with Gasteiger partial charge in [0.15, 0.2) is 11.3 Å². The number of rotatable bonds is 2. The summed E-state index contributed by atoms with van der Waals surface area (Å²) in [5.74, 6) is 0.506. The van der Waals surface area contributed by atoms with Crippen molar-refractivity contribution in [3.05, 3.63) is 58.9 Å². The Balaban J connectivity index is 2.01. The van der Waals surface area contributed by atoms with Crippen molar-refractivity contribution in [3.63, 3.8) is 0 Å². The molecule has 1 aromatic carbocycles. The minimum absolute atomic E-state index is 0.170. The molecule has 0 spiro atoms. The molecular weight excluding hydrogens is 396 g/mol. The zero-order valence-corrected chi connectivity index (χ0v) is 17.0. The van der Waals surface area contributed by atoms with E-state index in [1.807, 2.05) is 48.1 Å². The van der Waals surface area contributed by atoms with Crippen LogP contribution in [0.3, 0.4) is 0 Å². The third kappa shape index (κ3) is 2.46. The van der Waals surface area contributed by atoms with Crippen molar-refractivity contribution in [3.8, 4) is 27.9 Å². The van der Waals surface area contributed by atoms with E-state index in [0.29, 0.717) is 33.8 Å². The van der Waals surface area contributed by atoms with E-state index in [1.54, 1.807) is 17.4 Å². The number of hydrogen-bond donors (Lipinski definition) is 2. The summed E-state index contributed by atoms with van der Waals surface area (Å²) in [7, 11) is 0. The number of pyridine rings is 1. The lowest BCUT2D eigenvalue weighted by Crippen LogP contribution is -2.03. The van der Waals surface area contributed by atoms with Crippen molar-refractivity contribution in [1.82, 2.24) is 19.5 Å². The van der Waals surface area contributed by atoms with Crippen LogP contribution in [0.1, 0.15) is 16.8 Å². The fourth-order valence-corrected chi connectivity index (χ4v) is 4.60. The molecule has 0 radical (unpaired) electrons. The molecule has 3 N–H and O–H groups in total. The number of aromatic nitrogens is 4. The van der Waals surface area contributed by atoms with Gasteiger partial charge in [-0.3, -0.25) is 4.57 Å². The smallest absolute Gasteiger partial charge is 0.152 e. The number of benzene rings is 1. The summed E-state index contributed by atoms with van der Waals surface area (Å²) in [5.41, 5.74) is 10.8. The molecule has 0 saturated carbocycles. The molecule has 0 atom stereocenters. The van der Waals surface area contributed by atoms with Crippen molar-refractivity contribution < 1.29 is 5.11 Å². The molecule has 146 valence electrons. The van der Waals surface area contributed by atoms with Gasteiger partial charge in [-0.25, -0.2) is 15.0 Å². The maximum atomic E-state index is 10.3. The second kappa shape index (κ2) is 6.54. The Morgan fingerprint density at radius 1 is 1.17 bits per heavy atom. The molecule has 8 heteroatoms. The van der Waals surface area contributed by atoms with Gasteiger partial charge < -0.3 is 10.8 Å². The molecule has 4 aromatic heterocycles. The first kappa shape index (κ1) is 18.1. The Labute approximate surface area is 175 Å². The molecule has 4 heterocycles. The van der Waals surface area contributed by atoms with Gasteiger partial charge in [0, 0.05) is 21.4 Å². The molecule has 30 heavy (non-hydrogen) atoms. The van der Waals surface area contributed by atoms with E-state index in [9.17, 15) is 10.4 Å². The lowest BCUT2D eigenvalue weighted by Gasteiger charge is -2.14. The quantitative estimate of drug-likeness (QED) is 0.442. The van der Waals surface area contributed by atoms with E-state index >= 15 is 0 Å². The van der Waals surface area contributed by atoms with Crippen molar-refractivity contribution >= 4 is 39.2 Å². The van der Waals surface area contributed by atoms with Crippen molar-refractivity contribution in [2.45, 2.75) is 13.8 Å². The molecule has 5 aromatic rings. The lowest BCUT2D eigenvalue weighted by molar-refractivity contribution is 0.470. The third-order valence-electron chi connectivity index (χ3n) is 5.27. The molecular formula is C22H16N6OS. The number of aromatic hydroxyl groups is 1. The zero-order chi connectivity index (χ0) is 21.0. The molecule has 0 aliphatic rings. The average molecular weight is 412 g/mol. The lowest BCUT2D eigenvalue weighted by atomic mass is 10.1. The van der Waals surface area contributed by atoms with Crippen LogP contribution in [0.4, 0.5) is 5.82 Å². The Bertz CT molecular complexity index is 1490. The number of nitrogens with two attached hydrogens (primary N) is 1. The van der Waals surface area contributed by atoms with Gasteiger partial charge in [-0.2, -0.15) is 5.26 Å². The highest BCUT2D eigenvalue weighted by Crippen LogP contribution is 2.39. The van der Waals surface area contributed by atoms with Gasteiger partial charge in [-0.05, 0) is 43.0 Å². The van der Waals surface area contributed by atoms with E-state index in [4.69, 9.17) is 10.7 Å². The summed E-state index contributed by atoms with van der Waals surface area (Å²) in [4.78, 5) is 14.3. The Morgan fingerprint density at radius 2 is 2.00 bits per heavy atom. The van der Waals surface area contributed by atoms with Crippen LogP contribution >= 0.6 is 11.3 Å². The number of anilines is 1. The number of nitrogens with zero attached hydrogens (tertiary/aromatic N) is 5. The van der Waals surface area contributed by atoms with Crippen LogP contribution in [0, 0.1) is 25.2 Å². The second-order valence-corrected chi connectivity index (χ2v) is 7.96. The second-order valence-electron chi connectivity index (χ2n) is 7.01. The monoisotopic (exact) mass is 412 g/mol. The van der Waals surface area contributed by atoms with E-state index in [2.05, 4.69) is 16.0 Å². The third-order valence-corrected chi connectivity index (χ3v) is 6.18.